The molecule has 1 aliphatic carbocycles. The second-order valence-electron chi connectivity index (χ2n) is 6.42. The van der Waals surface area contributed by atoms with Crippen molar-refractivity contribution in [1.29, 1.82) is 0 Å². The number of likely N-dealkylation sites (tertiary alicyclic amines) is 1. The third kappa shape index (κ3) is 3.27. The van der Waals surface area contributed by atoms with E-state index in [4.69, 9.17) is 0 Å². The van der Waals surface area contributed by atoms with Crippen molar-refractivity contribution in [2.45, 2.75) is 65.2 Å². The van der Waals surface area contributed by atoms with Crippen LogP contribution in [-0.2, 0) is 4.79 Å². The molecule has 2 bridgehead atoms. The Morgan fingerprint density at radius 1 is 1.11 bits per heavy atom. The third-order valence-electron chi connectivity index (χ3n) is 5.14. The molecular formula is C16H29NO. The van der Waals surface area contributed by atoms with E-state index >= 15 is 0 Å². The molecule has 2 fully saturated rings. The lowest BCUT2D eigenvalue weighted by Crippen LogP contribution is -2.47. The third-order valence-corrected chi connectivity index (χ3v) is 5.14. The fraction of sp³-hybridized carbons (Fsp3) is 0.938. The first-order valence-electron chi connectivity index (χ1n) is 8.00. The molecular weight excluding hydrogens is 222 g/mol. The topological polar surface area (TPSA) is 20.3 Å². The van der Waals surface area contributed by atoms with Gasteiger partial charge in [0.05, 0.1) is 0 Å². The molecule has 0 spiro atoms. The van der Waals surface area contributed by atoms with Gasteiger partial charge in [-0.3, -0.25) is 4.79 Å². The zero-order valence-corrected chi connectivity index (χ0v) is 12.2. The summed E-state index contributed by atoms with van der Waals surface area (Å²) in [6.45, 7) is 6.70. The van der Waals surface area contributed by atoms with Gasteiger partial charge in [0.25, 0.3) is 0 Å². The molecule has 0 N–H and O–H groups in total. The molecule has 2 unspecified atom stereocenters. The number of fused-ring (bicyclic) bond motifs is 2. The molecule has 2 nitrogen and oxygen atoms in total. The molecule has 1 aliphatic heterocycles. The number of hydrogen-bond acceptors (Lipinski definition) is 1. The minimum atomic E-state index is 0.423. The molecule has 0 aromatic rings. The number of unbranched alkanes of at least 4 members (excludes halogenated alkanes) is 2. The highest BCUT2D eigenvalue weighted by Crippen LogP contribution is 2.38. The first-order chi connectivity index (χ1) is 8.72. The highest BCUT2D eigenvalue weighted by atomic mass is 16.2. The average Bonchev–Trinajstić information content (AvgIpc) is 2.49. The van der Waals surface area contributed by atoms with Crippen molar-refractivity contribution < 1.29 is 4.79 Å². The molecule has 1 amide bonds. The first-order valence-corrected chi connectivity index (χ1v) is 8.00. The number of amides is 1. The summed E-state index contributed by atoms with van der Waals surface area (Å²) in [7, 11) is 0. The molecule has 2 atom stereocenters. The lowest BCUT2D eigenvalue weighted by Gasteiger charge is -2.41. The van der Waals surface area contributed by atoms with Crippen molar-refractivity contribution in [3.05, 3.63) is 0 Å². The highest BCUT2D eigenvalue weighted by Gasteiger charge is 2.36. The lowest BCUT2D eigenvalue weighted by atomic mass is 9.78. The van der Waals surface area contributed by atoms with Crippen LogP contribution in [0.15, 0.2) is 0 Å². The monoisotopic (exact) mass is 251 g/mol. The number of nitrogens with zero attached hydrogens (tertiary/aromatic N) is 1. The van der Waals surface area contributed by atoms with Crippen LogP contribution in [0.2, 0.25) is 0 Å². The molecule has 1 heterocycles. The quantitative estimate of drug-likeness (QED) is 0.695. The highest BCUT2D eigenvalue weighted by molar-refractivity contribution is 5.76. The number of carbonyl (C=O) groups is 1. The van der Waals surface area contributed by atoms with E-state index in [0.717, 1.165) is 43.7 Å². The predicted octanol–water partition coefficient (Wildman–Crippen LogP) is 3.85. The molecule has 1 saturated heterocycles. The first kappa shape index (κ1) is 13.9. The number of carbonyl (C=O) groups excluding carboxylic acids is 1. The fourth-order valence-corrected chi connectivity index (χ4v) is 3.77. The molecule has 18 heavy (non-hydrogen) atoms. The Morgan fingerprint density at radius 3 is 2.28 bits per heavy atom. The summed E-state index contributed by atoms with van der Waals surface area (Å²) in [5.74, 6) is 2.82. The van der Waals surface area contributed by atoms with Gasteiger partial charge >= 0.3 is 0 Å². The maximum Gasteiger partial charge on any atom is 0.222 e. The average molecular weight is 251 g/mol. The van der Waals surface area contributed by atoms with Crippen molar-refractivity contribution >= 4 is 5.91 Å². The number of piperidine rings is 1. The van der Waals surface area contributed by atoms with Crippen LogP contribution in [0.3, 0.4) is 0 Å². The van der Waals surface area contributed by atoms with E-state index in [9.17, 15) is 4.79 Å². The zero-order valence-electron chi connectivity index (χ0n) is 12.2. The van der Waals surface area contributed by atoms with Crippen molar-refractivity contribution in [2.24, 2.45) is 17.8 Å². The minimum absolute atomic E-state index is 0.423. The van der Waals surface area contributed by atoms with Gasteiger partial charge in [-0.25, -0.2) is 0 Å². The normalized spacial score (nSPS) is 32.1. The molecule has 0 aromatic heterocycles. The van der Waals surface area contributed by atoms with Gasteiger partial charge in [0, 0.05) is 19.5 Å². The van der Waals surface area contributed by atoms with Crippen LogP contribution in [0.1, 0.15) is 65.2 Å². The van der Waals surface area contributed by atoms with Crippen LogP contribution in [-0.4, -0.2) is 23.9 Å². The Morgan fingerprint density at radius 2 is 1.72 bits per heavy atom. The zero-order chi connectivity index (χ0) is 13.0. The molecule has 2 aliphatic rings. The van der Waals surface area contributed by atoms with E-state index in [0.29, 0.717) is 5.91 Å². The van der Waals surface area contributed by atoms with Crippen LogP contribution >= 0.6 is 0 Å². The summed E-state index contributed by atoms with van der Waals surface area (Å²) in [6.07, 6.45) is 9.70. The van der Waals surface area contributed by atoms with E-state index in [1.54, 1.807) is 0 Å². The van der Waals surface area contributed by atoms with Crippen molar-refractivity contribution in [3.63, 3.8) is 0 Å². The van der Waals surface area contributed by atoms with Crippen LogP contribution in [0.4, 0.5) is 0 Å². The van der Waals surface area contributed by atoms with Crippen LogP contribution in [0.5, 0.6) is 0 Å². The summed E-state index contributed by atoms with van der Waals surface area (Å²) < 4.78 is 0. The van der Waals surface area contributed by atoms with Gasteiger partial charge in [0.2, 0.25) is 5.91 Å². The number of hydrogen-bond donors (Lipinski definition) is 0. The molecule has 104 valence electrons. The molecule has 0 aromatic carbocycles. The van der Waals surface area contributed by atoms with E-state index < -0.39 is 0 Å². The summed E-state index contributed by atoms with van der Waals surface area (Å²) in [4.78, 5) is 14.4. The molecule has 2 heteroatoms. The summed E-state index contributed by atoms with van der Waals surface area (Å²) >= 11 is 0. The molecule has 2 rings (SSSR count). The second kappa shape index (κ2) is 6.58. The summed E-state index contributed by atoms with van der Waals surface area (Å²) in [5.41, 5.74) is 0. The largest absolute Gasteiger partial charge is 0.342 e. The van der Waals surface area contributed by atoms with Gasteiger partial charge in [-0.1, -0.05) is 39.5 Å². The Balaban J connectivity index is 1.89. The Bertz CT molecular complexity index is 260. The van der Waals surface area contributed by atoms with Gasteiger partial charge in [0.15, 0.2) is 0 Å². The predicted molar refractivity (Wildman–Crippen MR) is 75.3 cm³/mol. The SMILES string of the molecule is CCCCCC(=O)N1CC2CCCCC(C1)C2C. The van der Waals surface area contributed by atoms with Gasteiger partial charge in [-0.2, -0.15) is 0 Å². The second-order valence-corrected chi connectivity index (χ2v) is 6.42. The van der Waals surface area contributed by atoms with Gasteiger partial charge in [-0.15, -0.1) is 0 Å². The smallest absolute Gasteiger partial charge is 0.222 e. The van der Waals surface area contributed by atoms with Crippen LogP contribution in [0.25, 0.3) is 0 Å². The minimum Gasteiger partial charge on any atom is -0.342 e. The van der Waals surface area contributed by atoms with Gasteiger partial charge in [0.1, 0.15) is 0 Å². The van der Waals surface area contributed by atoms with Gasteiger partial charge in [-0.05, 0) is 37.0 Å². The van der Waals surface area contributed by atoms with Crippen molar-refractivity contribution in [3.8, 4) is 0 Å². The Kier molecular flexibility index (Phi) is 5.08. The Hall–Kier alpha value is -0.530. The summed E-state index contributed by atoms with van der Waals surface area (Å²) in [6, 6.07) is 0. The molecule has 1 saturated carbocycles. The maximum absolute atomic E-state index is 12.2. The summed E-state index contributed by atoms with van der Waals surface area (Å²) in [5, 5.41) is 0. The Labute approximate surface area is 112 Å². The van der Waals surface area contributed by atoms with Crippen molar-refractivity contribution in [2.75, 3.05) is 13.1 Å². The van der Waals surface area contributed by atoms with E-state index in [2.05, 4.69) is 18.7 Å². The van der Waals surface area contributed by atoms with E-state index in [1.165, 1.54) is 38.5 Å². The lowest BCUT2D eigenvalue weighted by molar-refractivity contribution is -0.135. The molecule has 0 radical (unpaired) electrons. The van der Waals surface area contributed by atoms with E-state index in [1.807, 2.05) is 0 Å². The standard InChI is InChI=1S/C16H29NO/c1-3-4-5-10-16(18)17-11-14-8-6-7-9-15(12-17)13(14)2/h13-15H,3-12H2,1-2H3. The van der Waals surface area contributed by atoms with Crippen molar-refractivity contribution in [1.82, 2.24) is 4.90 Å². The van der Waals surface area contributed by atoms with Crippen LogP contribution in [0, 0.1) is 17.8 Å². The fourth-order valence-electron chi connectivity index (χ4n) is 3.77. The van der Waals surface area contributed by atoms with Crippen LogP contribution < -0.4 is 0 Å². The van der Waals surface area contributed by atoms with E-state index in [-0.39, 0.29) is 0 Å². The van der Waals surface area contributed by atoms with Gasteiger partial charge < -0.3 is 4.90 Å². The maximum atomic E-state index is 12.2. The number of rotatable bonds is 4.